The lowest BCUT2D eigenvalue weighted by molar-refractivity contribution is -0.124. The lowest BCUT2D eigenvalue weighted by Crippen LogP contribution is -2.51. The van der Waals surface area contributed by atoms with Gasteiger partial charge in [-0.2, -0.15) is 0 Å². The Morgan fingerprint density at radius 3 is 2.90 bits per heavy atom. The molecule has 20 heavy (non-hydrogen) atoms. The molecule has 5 nitrogen and oxygen atoms in total. The minimum atomic E-state index is 0.0202. The number of amides is 1. The van der Waals surface area contributed by atoms with Crippen LogP contribution in [-0.4, -0.2) is 41.0 Å². The molecular formula is C15H22N4O. The van der Waals surface area contributed by atoms with Crippen molar-refractivity contribution in [3.63, 3.8) is 0 Å². The van der Waals surface area contributed by atoms with Crippen LogP contribution in [0.5, 0.6) is 0 Å². The zero-order chi connectivity index (χ0) is 14.1. The molecule has 0 spiro atoms. The van der Waals surface area contributed by atoms with E-state index in [-0.39, 0.29) is 30.0 Å². The third-order valence-electron chi connectivity index (χ3n) is 4.55. The second-order valence-electron chi connectivity index (χ2n) is 5.88. The SMILES string of the molecule is CC(N)C(c1ccncc1)N1CCCC2C(=O)NCC21. The molecule has 1 aromatic heterocycles. The molecule has 0 bridgehead atoms. The molecule has 1 amide bonds. The van der Waals surface area contributed by atoms with Gasteiger partial charge in [0.05, 0.1) is 12.0 Å². The highest BCUT2D eigenvalue weighted by Gasteiger charge is 2.43. The zero-order valence-corrected chi connectivity index (χ0v) is 11.8. The summed E-state index contributed by atoms with van der Waals surface area (Å²) in [7, 11) is 0. The van der Waals surface area contributed by atoms with Gasteiger partial charge in [-0.25, -0.2) is 0 Å². The summed E-state index contributed by atoms with van der Waals surface area (Å²) >= 11 is 0. The van der Waals surface area contributed by atoms with Crippen molar-refractivity contribution in [1.82, 2.24) is 15.2 Å². The average molecular weight is 274 g/mol. The molecular weight excluding hydrogens is 252 g/mol. The number of piperidine rings is 1. The maximum Gasteiger partial charge on any atom is 0.224 e. The summed E-state index contributed by atoms with van der Waals surface area (Å²) in [5.41, 5.74) is 7.44. The normalized spacial score (nSPS) is 29.6. The Morgan fingerprint density at radius 2 is 2.20 bits per heavy atom. The molecule has 0 aliphatic carbocycles. The van der Waals surface area contributed by atoms with Crippen LogP contribution >= 0.6 is 0 Å². The zero-order valence-electron chi connectivity index (χ0n) is 11.8. The number of rotatable bonds is 3. The molecule has 2 saturated heterocycles. The standard InChI is InChI=1S/C15H22N4O/c1-10(16)14(11-4-6-17-7-5-11)19-8-2-3-12-13(19)9-18-15(12)20/h4-7,10,12-14H,2-3,8-9,16H2,1H3,(H,18,20). The van der Waals surface area contributed by atoms with Gasteiger partial charge < -0.3 is 11.1 Å². The Balaban J connectivity index is 1.90. The molecule has 2 aliphatic heterocycles. The largest absolute Gasteiger partial charge is 0.354 e. The summed E-state index contributed by atoms with van der Waals surface area (Å²) in [6.07, 6.45) is 5.67. The van der Waals surface area contributed by atoms with Gasteiger partial charge in [0.25, 0.3) is 0 Å². The number of nitrogens with one attached hydrogen (secondary N) is 1. The number of nitrogens with two attached hydrogens (primary N) is 1. The molecule has 5 heteroatoms. The number of pyridine rings is 1. The van der Waals surface area contributed by atoms with Crippen LogP contribution in [-0.2, 0) is 4.79 Å². The molecule has 2 fully saturated rings. The molecule has 0 radical (unpaired) electrons. The van der Waals surface area contributed by atoms with Crippen molar-refractivity contribution in [2.24, 2.45) is 11.7 Å². The Kier molecular flexibility index (Phi) is 3.72. The summed E-state index contributed by atoms with van der Waals surface area (Å²) in [4.78, 5) is 18.4. The van der Waals surface area contributed by atoms with Crippen molar-refractivity contribution in [3.05, 3.63) is 30.1 Å². The summed E-state index contributed by atoms with van der Waals surface area (Å²) in [5, 5.41) is 3.00. The summed E-state index contributed by atoms with van der Waals surface area (Å²) < 4.78 is 0. The first-order valence-corrected chi connectivity index (χ1v) is 7.37. The van der Waals surface area contributed by atoms with Gasteiger partial charge in [0.1, 0.15) is 0 Å². The molecule has 3 N–H and O–H groups in total. The second-order valence-corrected chi connectivity index (χ2v) is 5.88. The lowest BCUT2D eigenvalue weighted by Gasteiger charge is -2.43. The quantitative estimate of drug-likeness (QED) is 0.850. The van der Waals surface area contributed by atoms with Crippen LogP contribution in [0.3, 0.4) is 0 Å². The van der Waals surface area contributed by atoms with E-state index in [1.54, 1.807) is 0 Å². The van der Waals surface area contributed by atoms with Gasteiger partial charge in [0.15, 0.2) is 0 Å². The van der Waals surface area contributed by atoms with Gasteiger partial charge in [-0.15, -0.1) is 0 Å². The van der Waals surface area contributed by atoms with Gasteiger partial charge in [0, 0.05) is 31.0 Å². The minimum absolute atomic E-state index is 0.0202. The van der Waals surface area contributed by atoms with E-state index in [0.29, 0.717) is 0 Å². The minimum Gasteiger partial charge on any atom is -0.354 e. The van der Waals surface area contributed by atoms with E-state index in [0.717, 1.165) is 25.9 Å². The molecule has 2 aliphatic rings. The van der Waals surface area contributed by atoms with E-state index in [1.165, 1.54) is 5.56 Å². The highest BCUT2D eigenvalue weighted by atomic mass is 16.2. The fourth-order valence-corrected chi connectivity index (χ4v) is 3.69. The van der Waals surface area contributed by atoms with Crippen molar-refractivity contribution in [3.8, 4) is 0 Å². The van der Waals surface area contributed by atoms with Crippen LogP contribution in [0, 0.1) is 5.92 Å². The van der Waals surface area contributed by atoms with Crippen LogP contribution < -0.4 is 11.1 Å². The first-order chi connectivity index (χ1) is 9.68. The van der Waals surface area contributed by atoms with Crippen molar-refractivity contribution < 1.29 is 4.79 Å². The van der Waals surface area contributed by atoms with E-state index in [4.69, 9.17) is 5.73 Å². The maximum atomic E-state index is 11.9. The Bertz CT molecular complexity index is 476. The molecule has 4 atom stereocenters. The highest BCUT2D eigenvalue weighted by molar-refractivity contribution is 5.82. The number of fused-ring (bicyclic) bond motifs is 1. The van der Waals surface area contributed by atoms with Gasteiger partial charge in [-0.3, -0.25) is 14.7 Å². The molecule has 0 saturated carbocycles. The smallest absolute Gasteiger partial charge is 0.224 e. The topological polar surface area (TPSA) is 71.2 Å². The summed E-state index contributed by atoms with van der Waals surface area (Å²) in [6.45, 7) is 3.79. The molecule has 3 rings (SSSR count). The molecule has 0 aromatic carbocycles. The van der Waals surface area contributed by atoms with Crippen LogP contribution in [0.1, 0.15) is 31.4 Å². The van der Waals surface area contributed by atoms with Gasteiger partial charge in [-0.05, 0) is 44.0 Å². The molecule has 108 valence electrons. The van der Waals surface area contributed by atoms with Crippen LogP contribution in [0.25, 0.3) is 0 Å². The number of aromatic nitrogens is 1. The number of carbonyl (C=O) groups excluding carboxylic acids is 1. The molecule has 1 aromatic rings. The number of carbonyl (C=O) groups is 1. The fourth-order valence-electron chi connectivity index (χ4n) is 3.69. The van der Waals surface area contributed by atoms with Crippen molar-refractivity contribution in [2.75, 3.05) is 13.1 Å². The third kappa shape index (κ3) is 2.31. The number of hydrogen-bond acceptors (Lipinski definition) is 4. The number of nitrogens with zero attached hydrogens (tertiary/aromatic N) is 2. The van der Waals surface area contributed by atoms with Crippen LogP contribution in [0.15, 0.2) is 24.5 Å². The summed E-state index contributed by atoms with van der Waals surface area (Å²) in [5.74, 6) is 0.338. The van der Waals surface area contributed by atoms with E-state index >= 15 is 0 Å². The lowest BCUT2D eigenvalue weighted by atomic mass is 9.87. The van der Waals surface area contributed by atoms with Gasteiger partial charge in [-0.1, -0.05) is 0 Å². The van der Waals surface area contributed by atoms with Crippen molar-refractivity contribution >= 4 is 5.91 Å². The molecule has 3 heterocycles. The van der Waals surface area contributed by atoms with Crippen LogP contribution in [0.4, 0.5) is 0 Å². The van der Waals surface area contributed by atoms with E-state index < -0.39 is 0 Å². The van der Waals surface area contributed by atoms with E-state index in [2.05, 4.69) is 15.2 Å². The molecule has 4 unspecified atom stereocenters. The number of hydrogen-bond donors (Lipinski definition) is 2. The van der Waals surface area contributed by atoms with Gasteiger partial charge in [0.2, 0.25) is 5.91 Å². The first-order valence-electron chi connectivity index (χ1n) is 7.37. The Hall–Kier alpha value is -1.46. The van der Waals surface area contributed by atoms with E-state index in [9.17, 15) is 4.79 Å². The predicted molar refractivity (Wildman–Crippen MR) is 76.9 cm³/mol. The van der Waals surface area contributed by atoms with Crippen LogP contribution in [0.2, 0.25) is 0 Å². The average Bonchev–Trinajstić information content (AvgIpc) is 2.83. The monoisotopic (exact) mass is 274 g/mol. The predicted octanol–water partition coefficient (Wildman–Crippen LogP) is 0.680. The first kappa shape index (κ1) is 13.5. The second kappa shape index (κ2) is 5.50. The number of likely N-dealkylation sites (tertiary alicyclic amines) is 1. The van der Waals surface area contributed by atoms with Crippen molar-refractivity contribution in [1.29, 1.82) is 0 Å². The fraction of sp³-hybridized carbons (Fsp3) is 0.600. The van der Waals surface area contributed by atoms with Gasteiger partial charge >= 0.3 is 0 Å². The Labute approximate surface area is 119 Å². The Morgan fingerprint density at radius 1 is 1.45 bits per heavy atom. The highest BCUT2D eigenvalue weighted by Crippen LogP contribution is 2.35. The van der Waals surface area contributed by atoms with Crippen molar-refractivity contribution in [2.45, 2.75) is 37.9 Å². The summed E-state index contributed by atoms with van der Waals surface area (Å²) in [6, 6.07) is 4.51. The van der Waals surface area contributed by atoms with E-state index in [1.807, 2.05) is 31.5 Å². The maximum absolute atomic E-state index is 11.9. The third-order valence-corrected chi connectivity index (χ3v) is 4.55.